The molecule has 0 aliphatic carbocycles. The third-order valence-electron chi connectivity index (χ3n) is 5.79. The Morgan fingerprint density at radius 1 is 1.03 bits per heavy atom. The first kappa shape index (κ1) is 21.5. The largest absolute Gasteiger partial charge is 0.486 e. The Labute approximate surface area is 190 Å². The molecule has 2 aromatic carbocycles. The van der Waals surface area contributed by atoms with Gasteiger partial charge in [0, 0.05) is 24.8 Å². The number of nitrogens with zero attached hydrogens (tertiary/aromatic N) is 1. The number of hydrogen-bond donors (Lipinski definition) is 2. The van der Waals surface area contributed by atoms with Gasteiger partial charge in [0.1, 0.15) is 19.0 Å². The Bertz CT molecular complexity index is 1210. The van der Waals surface area contributed by atoms with E-state index >= 15 is 0 Å². The molecule has 0 radical (unpaired) electrons. The van der Waals surface area contributed by atoms with Crippen LogP contribution >= 0.6 is 0 Å². The Morgan fingerprint density at radius 3 is 2.67 bits per heavy atom. The van der Waals surface area contributed by atoms with Crippen LogP contribution in [0.5, 0.6) is 17.2 Å². The summed E-state index contributed by atoms with van der Waals surface area (Å²) in [5, 5.41) is 5.48. The number of hydrogen-bond acceptors (Lipinski definition) is 7. The number of carbonyl (C=O) groups is 2. The molecule has 3 aliphatic heterocycles. The van der Waals surface area contributed by atoms with E-state index < -0.39 is 15.9 Å². The van der Waals surface area contributed by atoms with Crippen molar-refractivity contribution in [2.24, 2.45) is 5.92 Å². The Balaban J connectivity index is 1.29. The predicted molar refractivity (Wildman–Crippen MR) is 118 cm³/mol. The van der Waals surface area contributed by atoms with Crippen molar-refractivity contribution < 1.29 is 32.2 Å². The summed E-state index contributed by atoms with van der Waals surface area (Å²) in [4.78, 5) is 24.5. The lowest BCUT2D eigenvalue weighted by atomic mass is 9.98. The Kier molecular flexibility index (Phi) is 5.59. The van der Waals surface area contributed by atoms with Crippen molar-refractivity contribution in [3.63, 3.8) is 0 Å². The summed E-state index contributed by atoms with van der Waals surface area (Å²) >= 11 is 0. The first-order chi connectivity index (χ1) is 15.9. The van der Waals surface area contributed by atoms with Crippen LogP contribution in [0.2, 0.25) is 0 Å². The van der Waals surface area contributed by atoms with Crippen LogP contribution in [0.25, 0.3) is 0 Å². The predicted octanol–water partition coefficient (Wildman–Crippen LogP) is 1.83. The number of sulfonamides is 1. The maximum atomic E-state index is 13.3. The lowest BCUT2D eigenvalue weighted by Gasteiger charge is -2.31. The number of fused-ring (bicyclic) bond motifs is 2. The maximum Gasteiger partial charge on any atom is 0.262 e. The van der Waals surface area contributed by atoms with Crippen molar-refractivity contribution in [1.29, 1.82) is 0 Å². The number of amides is 2. The highest BCUT2D eigenvalue weighted by atomic mass is 32.2. The van der Waals surface area contributed by atoms with E-state index in [1.54, 1.807) is 18.2 Å². The summed E-state index contributed by atoms with van der Waals surface area (Å²) in [6.07, 6.45) is 1.14. The molecule has 0 unspecified atom stereocenters. The molecule has 0 bridgehead atoms. The van der Waals surface area contributed by atoms with Crippen molar-refractivity contribution >= 4 is 33.2 Å². The quantitative estimate of drug-likeness (QED) is 0.694. The number of piperidine rings is 1. The van der Waals surface area contributed by atoms with Gasteiger partial charge < -0.3 is 24.8 Å². The number of anilines is 2. The highest BCUT2D eigenvalue weighted by molar-refractivity contribution is 7.89. The molecular formula is C22H23N3O7S. The van der Waals surface area contributed by atoms with Crippen LogP contribution in [0.15, 0.2) is 41.3 Å². The smallest absolute Gasteiger partial charge is 0.262 e. The molecule has 5 rings (SSSR count). The van der Waals surface area contributed by atoms with Crippen LogP contribution in [0.3, 0.4) is 0 Å². The van der Waals surface area contributed by atoms with Gasteiger partial charge in [0.2, 0.25) is 15.9 Å². The monoisotopic (exact) mass is 473 g/mol. The van der Waals surface area contributed by atoms with E-state index in [9.17, 15) is 18.0 Å². The molecular weight excluding hydrogens is 450 g/mol. The summed E-state index contributed by atoms with van der Waals surface area (Å²) in [5.74, 6) is 0.519. The van der Waals surface area contributed by atoms with E-state index in [2.05, 4.69) is 10.6 Å². The lowest BCUT2D eigenvalue weighted by Crippen LogP contribution is -2.43. The third kappa shape index (κ3) is 4.33. The van der Waals surface area contributed by atoms with Gasteiger partial charge in [0.25, 0.3) is 5.91 Å². The zero-order valence-corrected chi connectivity index (χ0v) is 18.5. The topological polar surface area (TPSA) is 123 Å². The van der Waals surface area contributed by atoms with Gasteiger partial charge in [-0.15, -0.1) is 0 Å². The van der Waals surface area contributed by atoms with E-state index in [4.69, 9.17) is 14.2 Å². The maximum absolute atomic E-state index is 13.3. The molecule has 11 heteroatoms. The van der Waals surface area contributed by atoms with Gasteiger partial charge >= 0.3 is 0 Å². The minimum atomic E-state index is -3.85. The molecule has 1 atom stereocenters. The molecule has 0 aromatic heterocycles. The average Bonchev–Trinajstić information content (AvgIpc) is 2.83. The van der Waals surface area contributed by atoms with Crippen LogP contribution in [-0.2, 0) is 19.6 Å². The van der Waals surface area contributed by atoms with Gasteiger partial charge in [0.15, 0.2) is 18.1 Å². The van der Waals surface area contributed by atoms with Crippen molar-refractivity contribution in [3.05, 3.63) is 36.4 Å². The molecule has 33 heavy (non-hydrogen) atoms. The fourth-order valence-electron chi connectivity index (χ4n) is 4.11. The second-order valence-electron chi connectivity index (χ2n) is 8.04. The van der Waals surface area contributed by atoms with E-state index in [0.29, 0.717) is 61.2 Å². The van der Waals surface area contributed by atoms with Crippen LogP contribution in [0.4, 0.5) is 11.4 Å². The summed E-state index contributed by atoms with van der Waals surface area (Å²) in [7, 11) is -3.85. The number of benzene rings is 2. The minimum absolute atomic E-state index is 0.0416. The number of carbonyl (C=O) groups excluding carboxylic acids is 2. The second kappa shape index (κ2) is 8.56. The Hall–Kier alpha value is -3.31. The van der Waals surface area contributed by atoms with Crippen molar-refractivity contribution in [3.8, 4) is 17.2 Å². The van der Waals surface area contributed by atoms with Gasteiger partial charge in [-0.1, -0.05) is 0 Å². The highest BCUT2D eigenvalue weighted by Gasteiger charge is 2.34. The first-order valence-corrected chi connectivity index (χ1v) is 12.1. The zero-order chi connectivity index (χ0) is 23.0. The third-order valence-corrected chi connectivity index (χ3v) is 7.65. The van der Waals surface area contributed by atoms with E-state index in [1.807, 2.05) is 0 Å². The van der Waals surface area contributed by atoms with Gasteiger partial charge in [-0.25, -0.2) is 8.42 Å². The molecule has 1 fully saturated rings. The van der Waals surface area contributed by atoms with Crippen LogP contribution in [0, 0.1) is 5.92 Å². The second-order valence-corrected chi connectivity index (χ2v) is 9.98. The molecule has 2 amide bonds. The summed E-state index contributed by atoms with van der Waals surface area (Å²) in [5.41, 5.74) is 0.881. The SMILES string of the molecule is O=C1COc2ccc(S(=O)(=O)N3CCC[C@H](C(=O)Nc4ccc5c(c4)OCCO5)C3)cc2N1. The zero-order valence-electron chi connectivity index (χ0n) is 17.7. The van der Waals surface area contributed by atoms with E-state index in [1.165, 1.54) is 22.5 Å². The summed E-state index contributed by atoms with van der Waals surface area (Å²) in [6.45, 7) is 1.20. The van der Waals surface area contributed by atoms with Crippen molar-refractivity contribution in [1.82, 2.24) is 4.31 Å². The number of rotatable bonds is 4. The van der Waals surface area contributed by atoms with E-state index in [0.717, 1.165) is 0 Å². The van der Waals surface area contributed by atoms with Crippen molar-refractivity contribution in [2.75, 3.05) is 43.5 Å². The van der Waals surface area contributed by atoms with Crippen LogP contribution < -0.4 is 24.8 Å². The van der Waals surface area contributed by atoms with E-state index in [-0.39, 0.29) is 29.9 Å². The number of ether oxygens (including phenoxy) is 3. The van der Waals surface area contributed by atoms with Crippen LogP contribution in [0.1, 0.15) is 12.8 Å². The van der Waals surface area contributed by atoms with Gasteiger partial charge in [-0.2, -0.15) is 4.31 Å². The molecule has 10 nitrogen and oxygen atoms in total. The fraction of sp³-hybridized carbons (Fsp3) is 0.364. The molecule has 3 aliphatic rings. The minimum Gasteiger partial charge on any atom is -0.486 e. The highest BCUT2D eigenvalue weighted by Crippen LogP contribution is 2.34. The molecule has 2 aromatic rings. The van der Waals surface area contributed by atoms with Gasteiger partial charge in [0.05, 0.1) is 16.5 Å². The molecule has 174 valence electrons. The molecule has 1 saturated heterocycles. The van der Waals surface area contributed by atoms with Gasteiger partial charge in [-0.05, 0) is 43.2 Å². The molecule has 2 N–H and O–H groups in total. The Morgan fingerprint density at radius 2 is 1.82 bits per heavy atom. The fourth-order valence-corrected chi connectivity index (χ4v) is 5.66. The standard InChI is InChI=1S/C22H23N3O7S/c26-21-13-32-18-6-4-16(11-17(18)24-21)33(28,29)25-7-1-2-14(12-25)22(27)23-15-3-5-19-20(10-15)31-9-8-30-19/h3-6,10-11,14H,1-2,7-9,12-13H2,(H,23,27)(H,24,26)/t14-/m0/s1. The molecule has 0 spiro atoms. The normalized spacial score (nSPS) is 20.2. The molecule has 3 heterocycles. The van der Waals surface area contributed by atoms with Crippen molar-refractivity contribution in [2.45, 2.75) is 17.7 Å². The number of nitrogens with one attached hydrogen (secondary N) is 2. The summed E-state index contributed by atoms with van der Waals surface area (Å²) < 4.78 is 44.2. The van der Waals surface area contributed by atoms with Gasteiger partial charge in [-0.3, -0.25) is 9.59 Å². The average molecular weight is 474 g/mol. The molecule has 0 saturated carbocycles. The van der Waals surface area contributed by atoms with Crippen LogP contribution in [-0.4, -0.2) is 57.4 Å². The lowest BCUT2D eigenvalue weighted by molar-refractivity contribution is -0.121. The first-order valence-electron chi connectivity index (χ1n) is 10.7. The summed E-state index contributed by atoms with van der Waals surface area (Å²) in [6, 6.07) is 9.53.